The van der Waals surface area contributed by atoms with Crippen molar-refractivity contribution in [2.24, 2.45) is 0 Å². The number of hydrogen-bond donors (Lipinski definition) is 1. The molecule has 1 amide bonds. The maximum absolute atomic E-state index is 13.0. The maximum atomic E-state index is 13.0. The van der Waals surface area contributed by atoms with Gasteiger partial charge in [-0.3, -0.25) is 4.79 Å². The van der Waals surface area contributed by atoms with Gasteiger partial charge >= 0.3 is 6.18 Å². The van der Waals surface area contributed by atoms with Gasteiger partial charge in [-0.1, -0.05) is 25.1 Å². The number of halogens is 3. The number of amides is 1. The number of rotatable bonds is 4. The molecule has 1 N–H and O–H groups in total. The molecule has 5 nitrogen and oxygen atoms in total. The lowest BCUT2D eigenvalue weighted by Crippen LogP contribution is -2.58. The van der Waals surface area contributed by atoms with Crippen LogP contribution in [0.2, 0.25) is 0 Å². The van der Waals surface area contributed by atoms with E-state index < -0.39 is 39.0 Å². The molecule has 2 aromatic carbocycles. The van der Waals surface area contributed by atoms with Gasteiger partial charge in [0, 0.05) is 11.1 Å². The molecule has 9 heteroatoms. The van der Waals surface area contributed by atoms with Gasteiger partial charge in [0.15, 0.2) is 0 Å². The summed E-state index contributed by atoms with van der Waals surface area (Å²) in [4.78, 5) is 12.5. The fraction of sp³-hybridized carbons (Fsp3) is 0.278. The first-order chi connectivity index (χ1) is 12.6. The SMILES string of the molecule is CCS(=O)(=O)[C@]1(NC(=O)c2ccccc2)Cc2cc(C(F)(F)F)ccc2O1. The van der Waals surface area contributed by atoms with Crippen molar-refractivity contribution in [2.75, 3.05) is 5.75 Å². The van der Waals surface area contributed by atoms with E-state index in [1.54, 1.807) is 18.2 Å². The first-order valence-corrected chi connectivity index (χ1v) is 9.72. The van der Waals surface area contributed by atoms with E-state index in [0.717, 1.165) is 18.2 Å². The number of fused-ring (bicyclic) bond motifs is 1. The normalized spacial score (nSPS) is 19.3. The van der Waals surface area contributed by atoms with Gasteiger partial charge in [0.1, 0.15) is 5.75 Å². The molecular formula is C18H16F3NO4S. The van der Waals surface area contributed by atoms with Gasteiger partial charge in [0.2, 0.25) is 9.84 Å². The van der Waals surface area contributed by atoms with E-state index in [9.17, 15) is 26.4 Å². The molecule has 0 spiro atoms. The van der Waals surface area contributed by atoms with Crippen LogP contribution in [0.15, 0.2) is 48.5 Å². The second-order valence-corrected chi connectivity index (χ2v) is 8.54. The third kappa shape index (κ3) is 3.51. The molecular weight excluding hydrogens is 383 g/mol. The molecule has 0 unspecified atom stereocenters. The van der Waals surface area contributed by atoms with E-state index >= 15 is 0 Å². The van der Waals surface area contributed by atoms with Crippen molar-refractivity contribution < 1.29 is 31.1 Å². The van der Waals surface area contributed by atoms with Crippen LogP contribution < -0.4 is 10.1 Å². The monoisotopic (exact) mass is 399 g/mol. The fourth-order valence-electron chi connectivity index (χ4n) is 2.85. The zero-order chi connectivity index (χ0) is 19.9. The highest BCUT2D eigenvalue weighted by molar-refractivity contribution is 7.92. The van der Waals surface area contributed by atoms with Crippen molar-refractivity contribution in [1.29, 1.82) is 0 Å². The van der Waals surface area contributed by atoms with Crippen molar-refractivity contribution >= 4 is 15.7 Å². The minimum Gasteiger partial charge on any atom is -0.453 e. The van der Waals surface area contributed by atoms with E-state index in [-0.39, 0.29) is 22.6 Å². The Bertz CT molecular complexity index is 974. The predicted octanol–water partition coefficient (Wildman–Crippen LogP) is 3.16. The molecule has 27 heavy (non-hydrogen) atoms. The van der Waals surface area contributed by atoms with Crippen LogP contribution in [0.1, 0.15) is 28.4 Å². The number of benzene rings is 2. The lowest BCUT2D eigenvalue weighted by molar-refractivity contribution is -0.137. The summed E-state index contributed by atoms with van der Waals surface area (Å²) in [6.45, 7) is 1.37. The number of sulfone groups is 1. The van der Waals surface area contributed by atoms with Crippen LogP contribution in [-0.2, 0) is 22.4 Å². The van der Waals surface area contributed by atoms with Gasteiger partial charge in [0.25, 0.3) is 11.0 Å². The van der Waals surface area contributed by atoms with Crippen molar-refractivity contribution in [2.45, 2.75) is 24.6 Å². The second kappa shape index (κ2) is 6.56. The summed E-state index contributed by atoms with van der Waals surface area (Å²) in [6.07, 6.45) is -4.99. The highest BCUT2D eigenvalue weighted by atomic mass is 32.2. The average Bonchev–Trinajstić information content (AvgIpc) is 3.00. The zero-order valence-corrected chi connectivity index (χ0v) is 15.0. The number of ether oxygens (including phenoxy) is 1. The average molecular weight is 399 g/mol. The highest BCUT2D eigenvalue weighted by Gasteiger charge is 2.51. The zero-order valence-electron chi connectivity index (χ0n) is 14.2. The first kappa shape index (κ1) is 19.2. The van der Waals surface area contributed by atoms with Gasteiger partial charge in [-0.25, -0.2) is 8.42 Å². The van der Waals surface area contributed by atoms with Gasteiger partial charge < -0.3 is 10.1 Å². The van der Waals surface area contributed by atoms with Crippen LogP contribution >= 0.6 is 0 Å². The number of carbonyl (C=O) groups excluding carboxylic acids is 1. The third-order valence-corrected chi connectivity index (χ3v) is 6.40. The molecule has 0 radical (unpaired) electrons. The Hall–Kier alpha value is -2.55. The van der Waals surface area contributed by atoms with Crippen molar-refractivity contribution in [3.8, 4) is 5.75 Å². The summed E-state index contributed by atoms with van der Waals surface area (Å²) in [7, 11) is -4.01. The summed E-state index contributed by atoms with van der Waals surface area (Å²) < 4.78 is 69.7. The Labute approximate surface area is 154 Å². The van der Waals surface area contributed by atoms with Crippen molar-refractivity contribution in [3.63, 3.8) is 0 Å². The van der Waals surface area contributed by atoms with E-state index in [1.807, 2.05) is 0 Å². The van der Waals surface area contributed by atoms with Crippen LogP contribution in [0, 0.1) is 0 Å². The Balaban J connectivity index is 2.00. The second-order valence-electron chi connectivity index (χ2n) is 6.08. The molecule has 1 heterocycles. The highest BCUT2D eigenvalue weighted by Crippen LogP contribution is 2.40. The van der Waals surface area contributed by atoms with Crippen LogP contribution in [0.25, 0.3) is 0 Å². The summed E-state index contributed by atoms with van der Waals surface area (Å²) in [5, 5.41) is 0.223. The van der Waals surface area contributed by atoms with Crippen LogP contribution in [0.4, 0.5) is 13.2 Å². The quantitative estimate of drug-likeness (QED) is 0.857. The Kier molecular flexibility index (Phi) is 4.67. The number of hydrogen-bond acceptors (Lipinski definition) is 4. The standard InChI is InChI=1S/C18H16F3NO4S/c1-2-27(24,25)17(22-16(23)12-6-4-3-5-7-12)11-13-10-14(18(19,20)21)8-9-15(13)26-17/h3-10H,2,11H2,1H3,(H,22,23)/t17-/m0/s1. The molecule has 1 aliphatic heterocycles. The summed E-state index contributed by atoms with van der Waals surface area (Å²) in [5.41, 5.74) is -0.641. The molecule has 0 saturated carbocycles. The van der Waals surface area contributed by atoms with E-state index in [4.69, 9.17) is 4.74 Å². The Morgan fingerprint density at radius 3 is 2.44 bits per heavy atom. The minimum absolute atomic E-state index is 0.00612. The van der Waals surface area contributed by atoms with E-state index in [0.29, 0.717) is 0 Å². The molecule has 144 valence electrons. The Morgan fingerprint density at radius 2 is 1.85 bits per heavy atom. The summed E-state index contributed by atoms with van der Waals surface area (Å²) in [6, 6.07) is 10.6. The molecule has 1 aliphatic rings. The van der Waals surface area contributed by atoms with Crippen molar-refractivity contribution in [1.82, 2.24) is 5.32 Å². The molecule has 0 saturated heterocycles. The first-order valence-electron chi connectivity index (χ1n) is 8.07. The molecule has 2 aromatic rings. The molecule has 0 aromatic heterocycles. The van der Waals surface area contributed by atoms with Gasteiger partial charge in [-0.2, -0.15) is 13.2 Å². The topological polar surface area (TPSA) is 72.5 Å². The van der Waals surface area contributed by atoms with E-state index in [1.165, 1.54) is 19.1 Å². The number of nitrogens with one attached hydrogen (secondary N) is 1. The van der Waals surface area contributed by atoms with Crippen LogP contribution in [-0.4, -0.2) is 25.1 Å². The van der Waals surface area contributed by atoms with Gasteiger partial charge in [-0.05, 0) is 30.3 Å². The Morgan fingerprint density at radius 1 is 1.19 bits per heavy atom. The van der Waals surface area contributed by atoms with Gasteiger partial charge in [0.05, 0.1) is 17.7 Å². The fourth-order valence-corrected chi connectivity index (χ4v) is 4.15. The smallest absolute Gasteiger partial charge is 0.416 e. The largest absolute Gasteiger partial charge is 0.453 e. The van der Waals surface area contributed by atoms with Crippen LogP contribution in [0.3, 0.4) is 0 Å². The lowest BCUT2D eigenvalue weighted by atomic mass is 10.1. The molecule has 3 rings (SSSR count). The third-order valence-electron chi connectivity index (χ3n) is 4.31. The number of carbonyl (C=O) groups is 1. The minimum atomic E-state index is -4.57. The summed E-state index contributed by atoms with van der Waals surface area (Å²) >= 11 is 0. The predicted molar refractivity (Wildman–Crippen MR) is 91.9 cm³/mol. The van der Waals surface area contributed by atoms with Crippen LogP contribution in [0.5, 0.6) is 5.75 Å². The number of alkyl halides is 3. The molecule has 1 atom stereocenters. The lowest BCUT2D eigenvalue weighted by Gasteiger charge is -2.29. The molecule has 0 aliphatic carbocycles. The van der Waals surface area contributed by atoms with E-state index in [2.05, 4.69) is 5.32 Å². The summed E-state index contributed by atoms with van der Waals surface area (Å²) in [5.74, 6) is -1.06. The van der Waals surface area contributed by atoms with Crippen molar-refractivity contribution in [3.05, 3.63) is 65.2 Å². The maximum Gasteiger partial charge on any atom is 0.416 e. The molecule has 0 fully saturated rings. The van der Waals surface area contributed by atoms with Gasteiger partial charge in [-0.15, -0.1) is 0 Å². The molecule has 0 bridgehead atoms.